The normalized spacial score (nSPS) is 10.3. The highest BCUT2D eigenvalue weighted by atomic mass is 32.1. The molecule has 0 aliphatic carbocycles. The van der Waals surface area contributed by atoms with Gasteiger partial charge in [0.2, 0.25) is 0 Å². The van der Waals surface area contributed by atoms with Crippen LogP contribution >= 0.6 is 11.3 Å². The van der Waals surface area contributed by atoms with Crippen molar-refractivity contribution in [2.75, 3.05) is 11.1 Å². The number of benzene rings is 1. The van der Waals surface area contributed by atoms with Crippen LogP contribution in [0.2, 0.25) is 0 Å². The van der Waals surface area contributed by atoms with Crippen LogP contribution in [0.4, 0.5) is 10.8 Å². The Kier molecular flexibility index (Phi) is 3.20. The number of aromatic hydroxyl groups is 1. The first-order valence-electron chi connectivity index (χ1n) is 5.31. The molecule has 1 aromatic heterocycles. The summed E-state index contributed by atoms with van der Waals surface area (Å²) in [5, 5.41) is 12.7. The molecule has 94 valence electrons. The number of nitrogens with one attached hydrogen (secondary N) is 1. The smallest absolute Gasteiger partial charge is 0.267 e. The summed E-state index contributed by atoms with van der Waals surface area (Å²) in [4.78, 5) is 16.2. The highest BCUT2D eigenvalue weighted by Crippen LogP contribution is 2.28. The van der Waals surface area contributed by atoms with Gasteiger partial charge in [0.05, 0.1) is 11.9 Å². The maximum atomic E-state index is 12.0. The molecule has 1 aromatic carbocycles. The van der Waals surface area contributed by atoms with Crippen molar-refractivity contribution in [2.45, 2.75) is 13.8 Å². The number of amides is 1. The molecule has 0 fully saturated rings. The van der Waals surface area contributed by atoms with Crippen LogP contribution in [-0.4, -0.2) is 16.0 Å². The number of aryl methyl sites for hydroxylation is 1. The minimum absolute atomic E-state index is 0.153. The number of nitrogens with two attached hydrogens (primary N) is 1. The third-order valence-corrected chi connectivity index (χ3v) is 3.46. The van der Waals surface area contributed by atoms with E-state index in [9.17, 15) is 9.90 Å². The standard InChI is InChI=1S/C12H13N3O2S/c1-6-3-4-8(16)7(2)10(6)15-11(17)9-5-14-12(13)18-9/h3-5,16H,1-2H3,(H2,13,14)(H,15,17). The maximum Gasteiger partial charge on any atom is 0.267 e. The molecular formula is C12H13N3O2S. The average Bonchev–Trinajstić information content (AvgIpc) is 2.76. The van der Waals surface area contributed by atoms with Crippen molar-refractivity contribution in [1.82, 2.24) is 4.98 Å². The number of hydrogen-bond donors (Lipinski definition) is 3. The largest absolute Gasteiger partial charge is 0.508 e. The summed E-state index contributed by atoms with van der Waals surface area (Å²) in [6, 6.07) is 3.35. The maximum absolute atomic E-state index is 12.0. The third-order valence-electron chi connectivity index (χ3n) is 2.63. The summed E-state index contributed by atoms with van der Waals surface area (Å²) in [5.74, 6) is -0.124. The van der Waals surface area contributed by atoms with E-state index in [0.29, 0.717) is 21.3 Å². The molecule has 5 nitrogen and oxygen atoms in total. The van der Waals surface area contributed by atoms with Crippen molar-refractivity contribution in [3.8, 4) is 5.75 Å². The molecule has 0 bridgehead atoms. The van der Waals surface area contributed by atoms with Gasteiger partial charge in [-0.05, 0) is 25.5 Å². The van der Waals surface area contributed by atoms with Gasteiger partial charge in [0.25, 0.3) is 5.91 Å². The minimum Gasteiger partial charge on any atom is -0.508 e. The Morgan fingerprint density at radius 1 is 1.44 bits per heavy atom. The van der Waals surface area contributed by atoms with E-state index >= 15 is 0 Å². The topological polar surface area (TPSA) is 88.2 Å². The molecular weight excluding hydrogens is 250 g/mol. The number of carbonyl (C=O) groups excluding carboxylic acids is 1. The highest BCUT2D eigenvalue weighted by Gasteiger charge is 2.13. The zero-order chi connectivity index (χ0) is 13.3. The lowest BCUT2D eigenvalue weighted by molar-refractivity contribution is 0.103. The van der Waals surface area contributed by atoms with E-state index in [1.54, 1.807) is 19.1 Å². The molecule has 0 saturated carbocycles. The first-order valence-corrected chi connectivity index (χ1v) is 6.12. The van der Waals surface area contributed by atoms with Crippen LogP contribution in [0, 0.1) is 13.8 Å². The fourth-order valence-corrected chi connectivity index (χ4v) is 2.18. The van der Waals surface area contributed by atoms with Crippen LogP contribution < -0.4 is 11.1 Å². The quantitative estimate of drug-likeness (QED) is 0.775. The van der Waals surface area contributed by atoms with E-state index < -0.39 is 0 Å². The van der Waals surface area contributed by atoms with Crippen molar-refractivity contribution in [1.29, 1.82) is 0 Å². The number of rotatable bonds is 2. The molecule has 0 aliphatic heterocycles. The number of thiazole rings is 1. The predicted molar refractivity (Wildman–Crippen MR) is 72.1 cm³/mol. The van der Waals surface area contributed by atoms with Crippen molar-refractivity contribution < 1.29 is 9.90 Å². The summed E-state index contributed by atoms with van der Waals surface area (Å²) in [5.41, 5.74) is 7.62. The Balaban J connectivity index is 2.30. The van der Waals surface area contributed by atoms with Gasteiger partial charge in [-0.3, -0.25) is 4.79 Å². The molecule has 0 radical (unpaired) electrons. The van der Waals surface area contributed by atoms with Gasteiger partial charge in [-0.25, -0.2) is 4.98 Å². The lowest BCUT2D eigenvalue weighted by Gasteiger charge is -2.11. The van der Waals surface area contributed by atoms with Crippen LogP contribution in [0.25, 0.3) is 0 Å². The Labute approximate surface area is 108 Å². The second-order valence-corrected chi connectivity index (χ2v) is 4.98. The van der Waals surface area contributed by atoms with Crippen LogP contribution in [-0.2, 0) is 0 Å². The van der Waals surface area contributed by atoms with Crippen molar-refractivity contribution in [3.05, 3.63) is 34.3 Å². The molecule has 0 atom stereocenters. The molecule has 6 heteroatoms. The number of aromatic nitrogens is 1. The SMILES string of the molecule is Cc1ccc(O)c(C)c1NC(=O)c1cnc(N)s1. The van der Waals surface area contributed by atoms with Crippen LogP contribution in [0.5, 0.6) is 5.75 Å². The van der Waals surface area contributed by atoms with E-state index in [1.165, 1.54) is 6.20 Å². The summed E-state index contributed by atoms with van der Waals surface area (Å²) in [6.45, 7) is 3.61. The zero-order valence-electron chi connectivity index (χ0n) is 10.0. The molecule has 0 aliphatic rings. The van der Waals surface area contributed by atoms with E-state index in [0.717, 1.165) is 16.9 Å². The van der Waals surface area contributed by atoms with Gasteiger partial charge < -0.3 is 16.2 Å². The molecule has 0 unspecified atom stereocenters. The molecule has 2 aromatic rings. The molecule has 2 rings (SSSR count). The van der Waals surface area contributed by atoms with E-state index in [1.807, 2.05) is 6.92 Å². The fraction of sp³-hybridized carbons (Fsp3) is 0.167. The van der Waals surface area contributed by atoms with Gasteiger partial charge >= 0.3 is 0 Å². The average molecular weight is 263 g/mol. The Morgan fingerprint density at radius 2 is 2.17 bits per heavy atom. The predicted octanol–water partition coefficient (Wildman–Crippen LogP) is 2.30. The van der Waals surface area contributed by atoms with E-state index in [4.69, 9.17) is 5.73 Å². The first kappa shape index (κ1) is 12.4. The molecule has 0 saturated heterocycles. The Hall–Kier alpha value is -2.08. The fourth-order valence-electron chi connectivity index (χ4n) is 1.60. The van der Waals surface area contributed by atoms with Crippen molar-refractivity contribution in [3.63, 3.8) is 0 Å². The van der Waals surface area contributed by atoms with E-state index in [2.05, 4.69) is 10.3 Å². The van der Waals surface area contributed by atoms with Gasteiger partial charge in [0, 0.05) is 5.56 Å². The number of nitrogens with zero attached hydrogens (tertiary/aromatic N) is 1. The Morgan fingerprint density at radius 3 is 2.78 bits per heavy atom. The minimum atomic E-state index is -0.277. The number of phenols is 1. The number of hydrogen-bond acceptors (Lipinski definition) is 5. The van der Waals surface area contributed by atoms with Gasteiger partial charge in [0.1, 0.15) is 10.6 Å². The second kappa shape index (κ2) is 4.66. The van der Waals surface area contributed by atoms with Gasteiger partial charge in [-0.15, -0.1) is 0 Å². The van der Waals surface area contributed by atoms with Crippen LogP contribution in [0.15, 0.2) is 18.3 Å². The van der Waals surface area contributed by atoms with Crippen molar-refractivity contribution in [2.24, 2.45) is 0 Å². The van der Waals surface area contributed by atoms with Gasteiger partial charge in [0.15, 0.2) is 5.13 Å². The third kappa shape index (κ3) is 2.28. The van der Waals surface area contributed by atoms with E-state index in [-0.39, 0.29) is 11.7 Å². The zero-order valence-corrected chi connectivity index (χ0v) is 10.8. The summed E-state index contributed by atoms with van der Waals surface area (Å²) in [6.07, 6.45) is 1.43. The number of carbonyl (C=O) groups is 1. The summed E-state index contributed by atoms with van der Waals surface area (Å²) < 4.78 is 0. The number of anilines is 2. The molecule has 0 spiro atoms. The first-order chi connectivity index (χ1) is 8.49. The lowest BCUT2D eigenvalue weighted by Crippen LogP contribution is -2.12. The lowest BCUT2D eigenvalue weighted by atomic mass is 10.1. The molecule has 1 amide bonds. The van der Waals surface area contributed by atoms with Gasteiger partial charge in [-0.1, -0.05) is 17.4 Å². The molecule has 1 heterocycles. The van der Waals surface area contributed by atoms with Crippen LogP contribution in [0.3, 0.4) is 0 Å². The van der Waals surface area contributed by atoms with Crippen LogP contribution in [0.1, 0.15) is 20.8 Å². The Bertz CT molecular complexity index is 607. The highest BCUT2D eigenvalue weighted by molar-refractivity contribution is 7.17. The summed E-state index contributed by atoms with van der Waals surface area (Å²) in [7, 11) is 0. The number of phenolic OH excluding ortho intramolecular Hbond substituents is 1. The molecule has 4 N–H and O–H groups in total. The number of nitrogen functional groups attached to an aromatic ring is 1. The monoisotopic (exact) mass is 263 g/mol. The van der Waals surface area contributed by atoms with Gasteiger partial charge in [-0.2, -0.15) is 0 Å². The molecule has 18 heavy (non-hydrogen) atoms. The summed E-state index contributed by atoms with van der Waals surface area (Å²) >= 11 is 1.12. The second-order valence-electron chi connectivity index (χ2n) is 3.92. The van der Waals surface area contributed by atoms with Crippen molar-refractivity contribution >= 4 is 28.1 Å².